The van der Waals surface area contributed by atoms with Crippen molar-refractivity contribution in [2.75, 3.05) is 18.0 Å². The zero-order valence-corrected chi connectivity index (χ0v) is 9.48. The number of nitrogens with zero attached hydrogens (tertiary/aromatic N) is 2. The van der Waals surface area contributed by atoms with E-state index in [9.17, 15) is 0 Å². The maximum atomic E-state index is 8.79. The molecule has 1 saturated heterocycles. The molecule has 0 amide bonds. The molecule has 1 aromatic rings. The van der Waals surface area contributed by atoms with E-state index >= 15 is 0 Å². The highest BCUT2D eigenvalue weighted by Gasteiger charge is 2.19. The van der Waals surface area contributed by atoms with E-state index in [1.165, 1.54) is 18.4 Å². The first-order valence-electron chi connectivity index (χ1n) is 5.56. The molecule has 0 spiro atoms. The highest BCUT2D eigenvalue weighted by atomic mass is 16.4. The van der Waals surface area contributed by atoms with Crippen LogP contribution >= 0.6 is 0 Å². The molecule has 1 aromatic carbocycles. The summed E-state index contributed by atoms with van der Waals surface area (Å²) in [5.41, 5.74) is 8.81. The van der Waals surface area contributed by atoms with Crippen LogP contribution in [0.15, 0.2) is 23.4 Å². The molecule has 0 bridgehead atoms. The van der Waals surface area contributed by atoms with E-state index in [0.717, 1.165) is 24.3 Å². The number of hydrogen-bond donors (Lipinski definition) is 2. The third-order valence-electron chi connectivity index (χ3n) is 3.04. The van der Waals surface area contributed by atoms with Gasteiger partial charge in [-0.15, -0.1) is 0 Å². The first-order chi connectivity index (χ1) is 7.74. The Labute approximate surface area is 95.4 Å². The van der Waals surface area contributed by atoms with Crippen molar-refractivity contribution >= 4 is 11.5 Å². The summed E-state index contributed by atoms with van der Waals surface area (Å²) in [6, 6.07) is 5.89. The third kappa shape index (κ3) is 1.83. The zero-order valence-electron chi connectivity index (χ0n) is 9.48. The largest absolute Gasteiger partial charge is 0.409 e. The molecule has 1 fully saturated rings. The minimum absolute atomic E-state index is 0.186. The van der Waals surface area contributed by atoms with Gasteiger partial charge in [0, 0.05) is 18.7 Å². The summed E-state index contributed by atoms with van der Waals surface area (Å²) in [5, 5.41) is 11.9. The zero-order chi connectivity index (χ0) is 11.5. The van der Waals surface area contributed by atoms with Gasteiger partial charge < -0.3 is 15.8 Å². The lowest BCUT2D eigenvalue weighted by Gasteiger charge is -2.23. The molecule has 0 aliphatic carbocycles. The standard InChI is InChI=1S/C12H17N3O/c1-9-5-4-6-10(12(13)14-16)11(9)15-7-2-3-8-15/h4-6,16H,2-3,7-8H2,1H3,(H2,13,14). The van der Waals surface area contributed by atoms with Crippen molar-refractivity contribution in [2.24, 2.45) is 10.9 Å². The minimum atomic E-state index is 0.186. The van der Waals surface area contributed by atoms with E-state index in [1.807, 2.05) is 12.1 Å². The molecule has 16 heavy (non-hydrogen) atoms. The van der Waals surface area contributed by atoms with Crippen molar-refractivity contribution < 1.29 is 5.21 Å². The molecule has 86 valence electrons. The molecule has 1 aliphatic rings. The molecule has 0 saturated carbocycles. The van der Waals surface area contributed by atoms with Crippen LogP contribution in [0, 0.1) is 6.92 Å². The van der Waals surface area contributed by atoms with Gasteiger partial charge in [0.05, 0.1) is 5.69 Å². The van der Waals surface area contributed by atoms with Crippen LogP contribution in [0.2, 0.25) is 0 Å². The monoisotopic (exact) mass is 219 g/mol. The summed E-state index contributed by atoms with van der Waals surface area (Å²) in [6.07, 6.45) is 2.42. The van der Waals surface area contributed by atoms with Crippen LogP contribution in [0.5, 0.6) is 0 Å². The quantitative estimate of drug-likeness (QED) is 0.344. The Morgan fingerprint density at radius 2 is 2.06 bits per heavy atom. The van der Waals surface area contributed by atoms with Gasteiger partial charge in [-0.3, -0.25) is 0 Å². The SMILES string of the molecule is Cc1cccc(/C(N)=N/O)c1N1CCCC1. The number of hydrogen-bond acceptors (Lipinski definition) is 3. The number of rotatable bonds is 2. The Bertz CT molecular complexity index is 409. The molecule has 0 aromatic heterocycles. The van der Waals surface area contributed by atoms with Gasteiger partial charge in [0.25, 0.3) is 0 Å². The molecule has 3 N–H and O–H groups in total. The van der Waals surface area contributed by atoms with Crippen LogP contribution in [-0.2, 0) is 0 Å². The number of amidine groups is 1. The molecule has 0 radical (unpaired) electrons. The number of oxime groups is 1. The first kappa shape index (κ1) is 10.8. The fourth-order valence-corrected chi connectivity index (χ4v) is 2.28. The predicted octanol–water partition coefficient (Wildman–Crippen LogP) is 1.69. The average Bonchev–Trinajstić information content (AvgIpc) is 2.81. The Morgan fingerprint density at radius 1 is 1.38 bits per heavy atom. The summed E-state index contributed by atoms with van der Waals surface area (Å²) in [5.74, 6) is 0.186. The van der Waals surface area contributed by atoms with E-state index in [-0.39, 0.29) is 5.84 Å². The molecule has 2 rings (SSSR count). The lowest BCUT2D eigenvalue weighted by Crippen LogP contribution is -2.24. The summed E-state index contributed by atoms with van der Waals surface area (Å²) in [7, 11) is 0. The molecule has 4 nitrogen and oxygen atoms in total. The Balaban J connectivity index is 2.48. The number of benzene rings is 1. The summed E-state index contributed by atoms with van der Waals surface area (Å²) in [4.78, 5) is 2.31. The van der Waals surface area contributed by atoms with Crippen molar-refractivity contribution in [1.82, 2.24) is 0 Å². The van der Waals surface area contributed by atoms with Crippen molar-refractivity contribution in [1.29, 1.82) is 0 Å². The smallest absolute Gasteiger partial charge is 0.172 e. The van der Waals surface area contributed by atoms with E-state index < -0.39 is 0 Å². The fourth-order valence-electron chi connectivity index (χ4n) is 2.28. The molecule has 4 heteroatoms. The second-order valence-electron chi connectivity index (χ2n) is 4.15. The lowest BCUT2D eigenvalue weighted by molar-refractivity contribution is 0.318. The van der Waals surface area contributed by atoms with Gasteiger partial charge in [-0.25, -0.2) is 0 Å². The number of aryl methyl sites for hydroxylation is 1. The topological polar surface area (TPSA) is 61.9 Å². The van der Waals surface area contributed by atoms with Crippen LogP contribution in [-0.4, -0.2) is 24.1 Å². The van der Waals surface area contributed by atoms with Crippen molar-refractivity contribution in [3.8, 4) is 0 Å². The van der Waals surface area contributed by atoms with Gasteiger partial charge in [0.1, 0.15) is 0 Å². The van der Waals surface area contributed by atoms with Crippen molar-refractivity contribution in [3.63, 3.8) is 0 Å². The fraction of sp³-hybridized carbons (Fsp3) is 0.417. The maximum Gasteiger partial charge on any atom is 0.172 e. The third-order valence-corrected chi connectivity index (χ3v) is 3.04. The van der Waals surface area contributed by atoms with Crippen LogP contribution in [0.1, 0.15) is 24.0 Å². The number of nitrogens with two attached hydrogens (primary N) is 1. The van der Waals surface area contributed by atoms with Gasteiger partial charge in [0.2, 0.25) is 0 Å². The van der Waals surface area contributed by atoms with Gasteiger partial charge in [0.15, 0.2) is 5.84 Å². The van der Waals surface area contributed by atoms with E-state index in [0.29, 0.717) is 0 Å². The van der Waals surface area contributed by atoms with Gasteiger partial charge in [-0.05, 0) is 31.4 Å². The van der Waals surface area contributed by atoms with E-state index in [1.54, 1.807) is 0 Å². The summed E-state index contributed by atoms with van der Waals surface area (Å²) in [6.45, 7) is 4.16. The maximum absolute atomic E-state index is 8.79. The normalized spacial score (nSPS) is 16.8. The van der Waals surface area contributed by atoms with E-state index in [4.69, 9.17) is 10.9 Å². The van der Waals surface area contributed by atoms with Gasteiger partial charge in [-0.1, -0.05) is 17.3 Å². The second kappa shape index (κ2) is 4.43. The minimum Gasteiger partial charge on any atom is -0.409 e. The number of para-hydroxylation sites is 1. The highest BCUT2D eigenvalue weighted by Crippen LogP contribution is 2.28. The van der Waals surface area contributed by atoms with Crippen LogP contribution in [0.3, 0.4) is 0 Å². The summed E-state index contributed by atoms with van der Waals surface area (Å²) >= 11 is 0. The molecule has 0 atom stereocenters. The molecule has 1 aliphatic heterocycles. The van der Waals surface area contributed by atoms with Crippen LogP contribution in [0.25, 0.3) is 0 Å². The number of anilines is 1. The van der Waals surface area contributed by atoms with Gasteiger partial charge >= 0.3 is 0 Å². The van der Waals surface area contributed by atoms with Crippen molar-refractivity contribution in [3.05, 3.63) is 29.3 Å². The first-order valence-corrected chi connectivity index (χ1v) is 5.56. The Morgan fingerprint density at radius 3 is 2.69 bits per heavy atom. The van der Waals surface area contributed by atoms with Crippen LogP contribution < -0.4 is 10.6 Å². The highest BCUT2D eigenvalue weighted by molar-refractivity contribution is 6.02. The second-order valence-corrected chi connectivity index (χ2v) is 4.15. The summed E-state index contributed by atoms with van der Waals surface area (Å²) < 4.78 is 0. The lowest BCUT2D eigenvalue weighted by atomic mass is 10.1. The Hall–Kier alpha value is -1.71. The van der Waals surface area contributed by atoms with Crippen molar-refractivity contribution in [2.45, 2.75) is 19.8 Å². The van der Waals surface area contributed by atoms with E-state index in [2.05, 4.69) is 23.0 Å². The predicted molar refractivity (Wildman–Crippen MR) is 65.1 cm³/mol. The van der Waals surface area contributed by atoms with Crippen LogP contribution in [0.4, 0.5) is 5.69 Å². The molecular formula is C12H17N3O. The van der Waals surface area contributed by atoms with Gasteiger partial charge in [-0.2, -0.15) is 0 Å². The Kier molecular flexibility index (Phi) is 2.99. The molecule has 1 heterocycles. The molecule has 0 unspecified atom stereocenters. The molecular weight excluding hydrogens is 202 g/mol. The average molecular weight is 219 g/mol.